The number of nitrogens with zero attached hydrogens (tertiary/aromatic N) is 1. The first-order chi connectivity index (χ1) is 9.97. The predicted molar refractivity (Wildman–Crippen MR) is 90.9 cm³/mol. The van der Waals surface area contributed by atoms with Crippen molar-refractivity contribution in [1.29, 1.82) is 0 Å². The lowest BCUT2D eigenvalue weighted by atomic mass is 10.1. The number of amides is 1. The van der Waals surface area contributed by atoms with Crippen LogP contribution in [0, 0.1) is 0 Å². The SMILES string of the molecule is CC(Cc1ccc(Cl)cc1)N(C)C(=O)c1cccc(Br)c1. The minimum absolute atomic E-state index is 0.0257. The molecule has 2 aromatic rings. The maximum absolute atomic E-state index is 12.5. The molecule has 0 saturated heterocycles. The molecule has 0 bridgehead atoms. The van der Waals surface area contributed by atoms with Crippen LogP contribution in [-0.2, 0) is 6.42 Å². The summed E-state index contributed by atoms with van der Waals surface area (Å²) in [6.45, 7) is 2.05. The average Bonchev–Trinajstić information content (AvgIpc) is 2.48. The van der Waals surface area contributed by atoms with Gasteiger partial charge in [0.05, 0.1) is 0 Å². The maximum atomic E-state index is 12.5. The fraction of sp³-hybridized carbons (Fsp3) is 0.235. The van der Waals surface area contributed by atoms with E-state index in [-0.39, 0.29) is 11.9 Å². The summed E-state index contributed by atoms with van der Waals surface area (Å²) in [4.78, 5) is 14.2. The molecule has 2 rings (SSSR count). The van der Waals surface area contributed by atoms with Gasteiger partial charge in [-0.15, -0.1) is 0 Å². The molecular formula is C17H17BrClNO. The molecule has 2 nitrogen and oxygen atoms in total. The molecule has 0 heterocycles. The summed E-state index contributed by atoms with van der Waals surface area (Å²) < 4.78 is 0.909. The summed E-state index contributed by atoms with van der Waals surface area (Å²) in [5.41, 5.74) is 1.86. The molecular weight excluding hydrogens is 350 g/mol. The summed E-state index contributed by atoms with van der Waals surface area (Å²) in [6, 6.07) is 15.3. The normalized spacial score (nSPS) is 12.0. The fourth-order valence-corrected chi connectivity index (χ4v) is 2.65. The van der Waals surface area contributed by atoms with Gasteiger partial charge in [0.1, 0.15) is 0 Å². The van der Waals surface area contributed by atoms with Crippen molar-refractivity contribution in [3.8, 4) is 0 Å². The van der Waals surface area contributed by atoms with E-state index >= 15 is 0 Å². The Morgan fingerprint density at radius 2 is 1.90 bits per heavy atom. The van der Waals surface area contributed by atoms with E-state index in [1.165, 1.54) is 5.56 Å². The van der Waals surface area contributed by atoms with E-state index in [4.69, 9.17) is 11.6 Å². The molecule has 0 N–H and O–H groups in total. The minimum atomic E-state index is 0.0257. The van der Waals surface area contributed by atoms with Gasteiger partial charge in [-0.25, -0.2) is 0 Å². The van der Waals surface area contributed by atoms with E-state index in [0.717, 1.165) is 15.9 Å². The number of halogens is 2. The summed E-state index contributed by atoms with van der Waals surface area (Å²) in [7, 11) is 1.84. The van der Waals surface area contributed by atoms with Gasteiger partial charge in [-0.1, -0.05) is 45.7 Å². The Kier molecular flexibility index (Phi) is 5.43. The van der Waals surface area contributed by atoms with Crippen molar-refractivity contribution < 1.29 is 4.79 Å². The number of rotatable bonds is 4. The Balaban J connectivity index is 2.06. The molecule has 0 aliphatic heterocycles. The third-order valence-corrected chi connectivity index (χ3v) is 4.24. The summed E-state index contributed by atoms with van der Waals surface area (Å²) in [6.07, 6.45) is 0.799. The number of hydrogen-bond acceptors (Lipinski definition) is 1. The molecule has 2 aromatic carbocycles. The molecule has 0 aromatic heterocycles. The Morgan fingerprint density at radius 3 is 2.52 bits per heavy atom. The van der Waals surface area contributed by atoms with E-state index in [1.54, 1.807) is 4.90 Å². The number of carbonyl (C=O) groups is 1. The molecule has 110 valence electrons. The highest BCUT2D eigenvalue weighted by molar-refractivity contribution is 9.10. The molecule has 4 heteroatoms. The molecule has 0 aliphatic rings. The minimum Gasteiger partial charge on any atom is -0.339 e. The second-order valence-corrected chi connectivity index (χ2v) is 6.46. The first-order valence-electron chi connectivity index (χ1n) is 6.74. The molecule has 21 heavy (non-hydrogen) atoms. The topological polar surface area (TPSA) is 20.3 Å². The molecule has 0 fully saturated rings. The van der Waals surface area contributed by atoms with Crippen molar-refractivity contribution in [1.82, 2.24) is 4.90 Å². The van der Waals surface area contributed by atoms with Gasteiger partial charge in [0.2, 0.25) is 0 Å². The van der Waals surface area contributed by atoms with E-state index < -0.39 is 0 Å². The molecule has 1 unspecified atom stereocenters. The van der Waals surface area contributed by atoms with Crippen molar-refractivity contribution in [2.75, 3.05) is 7.05 Å². The van der Waals surface area contributed by atoms with Crippen LogP contribution in [0.1, 0.15) is 22.8 Å². The van der Waals surface area contributed by atoms with Crippen LogP contribution in [0.4, 0.5) is 0 Å². The maximum Gasteiger partial charge on any atom is 0.253 e. The molecule has 0 aliphatic carbocycles. The first kappa shape index (κ1) is 16.1. The summed E-state index contributed by atoms with van der Waals surface area (Å²) in [5, 5.41) is 0.727. The summed E-state index contributed by atoms with van der Waals surface area (Å²) in [5.74, 6) is 0.0257. The Labute approximate surface area is 138 Å². The quantitative estimate of drug-likeness (QED) is 0.760. The molecule has 1 atom stereocenters. The van der Waals surface area contributed by atoms with Gasteiger partial charge in [0.25, 0.3) is 5.91 Å². The third-order valence-electron chi connectivity index (χ3n) is 3.50. The molecule has 0 radical (unpaired) electrons. The second-order valence-electron chi connectivity index (χ2n) is 5.11. The van der Waals surface area contributed by atoms with Crippen molar-refractivity contribution >= 4 is 33.4 Å². The van der Waals surface area contributed by atoms with Crippen LogP contribution < -0.4 is 0 Å². The zero-order chi connectivity index (χ0) is 15.4. The van der Waals surface area contributed by atoms with Crippen molar-refractivity contribution in [2.45, 2.75) is 19.4 Å². The van der Waals surface area contributed by atoms with Gasteiger partial charge in [0, 0.05) is 28.1 Å². The number of carbonyl (C=O) groups excluding carboxylic acids is 1. The smallest absolute Gasteiger partial charge is 0.253 e. The highest BCUT2D eigenvalue weighted by Crippen LogP contribution is 2.16. The van der Waals surface area contributed by atoms with Crippen LogP contribution in [0.15, 0.2) is 53.0 Å². The fourth-order valence-electron chi connectivity index (χ4n) is 2.12. The van der Waals surface area contributed by atoms with E-state index in [9.17, 15) is 4.79 Å². The Hall–Kier alpha value is -1.32. The highest BCUT2D eigenvalue weighted by atomic mass is 79.9. The van der Waals surface area contributed by atoms with E-state index in [2.05, 4.69) is 15.9 Å². The zero-order valence-electron chi connectivity index (χ0n) is 12.0. The van der Waals surface area contributed by atoms with Crippen molar-refractivity contribution in [3.63, 3.8) is 0 Å². The Bertz CT molecular complexity index is 627. The van der Waals surface area contributed by atoms with Crippen LogP contribution in [0.5, 0.6) is 0 Å². The second kappa shape index (κ2) is 7.10. The number of likely N-dealkylation sites (N-methyl/N-ethyl adjacent to an activating group) is 1. The van der Waals surface area contributed by atoms with E-state index in [0.29, 0.717) is 5.56 Å². The van der Waals surface area contributed by atoms with Crippen LogP contribution >= 0.6 is 27.5 Å². The van der Waals surface area contributed by atoms with Crippen molar-refractivity contribution in [2.24, 2.45) is 0 Å². The lowest BCUT2D eigenvalue weighted by Gasteiger charge is -2.25. The first-order valence-corrected chi connectivity index (χ1v) is 7.91. The standard InChI is InChI=1S/C17H17BrClNO/c1-12(10-13-6-8-16(19)9-7-13)20(2)17(21)14-4-3-5-15(18)11-14/h3-9,11-12H,10H2,1-2H3. The van der Waals surface area contributed by atoms with Gasteiger partial charge >= 0.3 is 0 Å². The van der Waals surface area contributed by atoms with Gasteiger partial charge in [-0.3, -0.25) is 4.79 Å². The molecule has 1 amide bonds. The predicted octanol–water partition coefficient (Wildman–Crippen LogP) is 4.81. The monoisotopic (exact) mass is 365 g/mol. The van der Waals surface area contributed by atoms with Crippen molar-refractivity contribution in [3.05, 3.63) is 69.2 Å². The number of benzene rings is 2. The van der Waals surface area contributed by atoms with Gasteiger partial charge in [-0.05, 0) is 49.2 Å². The third kappa shape index (κ3) is 4.32. The highest BCUT2D eigenvalue weighted by Gasteiger charge is 2.17. The Morgan fingerprint density at radius 1 is 1.24 bits per heavy atom. The average molecular weight is 367 g/mol. The number of hydrogen-bond donors (Lipinski definition) is 0. The lowest BCUT2D eigenvalue weighted by Crippen LogP contribution is -2.36. The van der Waals surface area contributed by atoms with Crippen LogP contribution in [0.25, 0.3) is 0 Å². The molecule has 0 saturated carbocycles. The summed E-state index contributed by atoms with van der Waals surface area (Å²) >= 11 is 9.28. The molecule has 0 spiro atoms. The lowest BCUT2D eigenvalue weighted by molar-refractivity contribution is 0.0743. The van der Waals surface area contributed by atoms with Crippen LogP contribution in [-0.4, -0.2) is 23.9 Å². The van der Waals surface area contributed by atoms with Crippen LogP contribution in [0.3, 0.4) is 0 Å². The van der Waals surface area contributed by atoms with E-state index in [1.807, 2.05) is 62.5 Å². The zero-order valence-corrected chi connectivity index (χ0v) is 14.4. The largest absolute Gasteiger partial charge is 0.339 e. The van der Waals surface area contributed by atoms with Gasteiger partial charge in [-0.2, -0.15) is 0 Å². The van der Waals surface area contributed by atoms with Gasteiger partial charge in [0.15, 0.2) is 0 Å². The van der Waals surface area contributed by atoms with Gasteiger partial charge < -0.3 is 4.90 Å². The van der Waals surface area contributed by atoms with Crippen LogP contribution in [0.2, 0.25) is 5.02 Å².